The van der Waals surface area contributed by atoms with Gasteiger partial charge in [0, 0.05) is 9.50 Å². The molecule has 0 saturated heterocycles. The molecule has 0 heterocycles. The van der Waals surface area contributed by atoms with Gasteiger partial charge in [-0.15, -0.1) is 6.58 Å². The lowest BCUT2D eigenvalue weighted by molar-refractivity contribution is 0.592. The van der Waals surface area contributed by atoms with Gasteiger partial charge in [-0.05, 0) is 48.9 Å². The standard InChI is InChI=1S/C16H15BrClNO2S/c1-3-11-19(16-6-4-5-15(18)12(16)2)22(20,21)14-9-7-13(17)8-10-14/h3-10H,1,11H2,2H3. The molecule has 0 radical (unpaired) electrons. The fourth-order valence-corrected chi connectivity index (χ4v) is 3.97. The summed E-state index contributed by atoms with van der Waals surface area (Å²) in [6.45, 7) is 5.62. The minimum atomic E-state index is -3.69. The first kappa shape index (κ1) is 17.1. The molecule has 0 unspecified atom stereocenters. The maximum absolute atomic E-state index is 12.9. The zero-order chi connectivity index (χ0) is 16.3. The molecule has 0 bridgehead atoms. The van der Waals surface area contributed by atoms with E-state index in [0.29, 0.717) is 16.3 Å². The van der Waals surface area contributed by atoms with Gasteiger partial charge in [0.1, 0.15) is 0 Å². The number of anilines is 1. The molecule has 2 rings (SSSR count). The van der Waals surface area contributed by atoms with Crippen LogP contribution in [-0.2, 0) is 10.0 Å². The zero-order valence-corrected chi connectivity index (χ0v) is 15.1. The number of rotatable bonds is 5. The number of hydrogen-bond donors (Lipinski definition) is 0. The molecule has 0 aliphatic carbocycles. The molecule has 6 heteroatoms. The molecule has 0 fully saturated rings. The van der Waals surface area contributed by atoms with Crippen molar-refractivity contribution in [1.29, 1.82) is 0 Å². The zero-order valence-electron chi connectivity index (χ0n) is 12.0. The predicted octanol–water partition coefficient (Wildman–Crippen LogP) is 4.79. The average molecular weight is 401 g/mol. The number of halogens is 2. The Morgan fingerprint density at radius 1 is 1.23 bits per heavy atom. The van der Waals surface area contributed by atoms with Crippen LogP contribution in [0.1, 0.15) is 5.56 Å². The van der Waals surface area contributed by atoms with Crippen LogP contribution in [0.4, 0.5) is 5.69 Å². The summed E-state index contributed by atoms with van der Waals surface area (Å²) in [7, 11) is -3.69. The van der Waals surface area contributed by atoms with Gasteiger partial charge in [-0.25, -0.2) is 8.42 Å². The van der Waals surface area contributed by atoms with Crippen LogP contribution in [-0.4, -0.2) is 15.0 Å². The van der Waals surface area contributed by atoms with E-state index in [-0.39, 0.29) is 11.4 Å². The fraction of sp³-hybridized carbons (Fsp3) is 0.125. The first-order valence-corrected chi connectivity index (χ1v) is 9.13. The molecule has 0 N–H and O–H groups in total. The Labute approximate surface area is 144 Å². The predicted molar refractivity (Wildman–Crippen MR) is 95.1 cm³/mol. The van der Waals surface area contributed by atoms with E-state index in [1.807, 2.05) is 0 Å². The summed E-state index contributed by atoms with van der Waals surface area (Å²) in [4.78, 5) is 0.219. The molecule has 0 aliphatic rings. The highest BCUT2D eigenvalue weighted by Crippen LogP contribution is 2.31. The third-order valence-corrected chi connectivity index (χ3v) is 5.94. The van der Waals surface area contributed by atoms with E-state index in [1.54, 1.807) is 55.5 Å². The topological polar surface area (TPSA) is 37.4 Å². The van der Waals surface area contributed by atoms with Gasteiger partial charge in [-0.1, -0.05) is 39.7 Å². The Hall–Kier alpha value is -1.30. The lowest BCUT2D eigenvalue weighted by Crippen LogP contribution is -2.31. The smallest absolute Gasteiger partial charge is 0.262 e. The molecule has 2 aromatic carbocycles. The maximum atomic E-state index is 12.9. The van der Waals surface area contributed by atoms with E-state index in [0.717, 1.165) is 4.47 Å². The molecule has 0 atom stereocenters. The molecule has 0 aromatic heterocycles. The number of nitrogens with zero attached hydrogens (tertiary/aromatic N) is 1. The van der Waals surface area contributed by atoms with E-state index < -0.39 is 10.0 Å². The number of sulfonamides is 1. The second-order valence-electron chi connectivity index (χ2n) is 4.66. The van der Waals surface area contributed by atoms with E-state index in [1.165, 1.54) is 4.31 Å². The van der Waals surface area contributed by atoms with E-state index in [2.05, 4.69) is 22.5 Å². The molecule has 0 aliphatic heterocycles. The van der Waals surface area contributed by atoms with Crippen LogP contribution in [0.25, 0.3) is 0 Å². The molecule has 3 nitrogen and oxygen atoms in total. The van der Waals surface area contributed by atoms with E-state index in [4.69, 9.17) is 11.6 Å². The van der Waals surface area contributed by atoms with Gasteiger partial charge in [-0.2, -0.15) is 0 Å². The van der Waals surface area contributed by atoms with Crippen LogP contribution >= 0.6 is 27.5 Å². The number of hydrogen-bond acceptors (Lipinski definition) is 2. The van der Waals surface area contributed by atoms with Crippen LogP contribution in [0.3, 0.4) is 0 Å². The van der Waals surface area contributed by atoms with Crippen LogP contribution in [0.15, 0.2) is 64.5 Å². The van der Waals surface area contributed by atoms with Gasteiger partial charge in [0.05, 0.1) is 17.1 Å². The molecule has 2 aromatic rings. The van der Waals surface area contributed by atoms with Crippen LogP contribution in [0, 0.1) is 6.92 Å². The van der Waals surface area contributed by atoms with Gasteiger partial charge in [0.2, 0.25) is 0 Å². The van der Waals surface area contributed by atoms with Crippen molar-refractivity contribution in [2.75, 3.05) is 10.8 Å². The quantitative estimate of drug-likeness (QED) is 0.677. The van der Waals surface area contributed by atoms with Crippen molar-refractivity contribution >= 4 is 43.2 Å². The first-order chi connectivity index (χ1) is 10.4. The third-order valence-electron chi connectivity index (χ3n) is 3.20. The van der Waals surface area contributed by atoms with Crippen molar-refractivity contribution in [2.45, 2.75) is 11.8 Å². The first-order valence-electron chi connectivity index (χ1n) is 6.52. The molecular weight excluding hydrogens is 386 g/mol. The van der Waals surface area contributed by atoms with Crippen molar-refractivity contribution in [1.82, 2.24) is 0 Å². The normalized spacial score (nSPS) is 11.2. The minimum absolute atomic E-state index is 0.166. The van der Waals surface area contributed by atoms with Crippen molar-refractivity contribution < 1.29 is 8.42 Å². The van der Waals surface area contributed by atoms with Crippen molar-refractivity contribution in [3.8, 4) is 0 Å². The van der Waals surface area contributed by atoms with Crippen molar-refractivity contribution in [2.24, 2.45) is 0 Å². The highest BCUT2D eigenvalue weighted by atomic mass is 79.9. The summed E-state index contributed by atoms with van der Waals surface area (Å²) in [6.07, 6.45) is 1.55. The Balaban J connectivity index is 2.58. The molecule has 0 amide bonds. The van der Waals surface area contributed by atoms with Crippen LogP contribution < -0.4 is 4.31 Å². The van der Waals surface area contributed by atoms with Gasteiger partial charge in [0.15, 0.2) is 0 Å². The summed E-state index contributed by atoms with van der Waals surface area (Å²) in [6, 6.07) is 11.7. The van der Waals surface area contributed by atoms with Crippen LogP contribution in [0.5, 0.6) is 0 Å². The number of benzene rings is 2. The minimum Gasteiger partial charge on any atom is -0.262 e. The van der Waals surface area contributed by atoms with Gasteiger partial charge in [-0.3, -0.25) is 4.31 Å². The Kier molecular flexibility index (Phi) is 5.32. The monoisotopic (exact) mass is 399 g/mol. The third kappa shape index (κ3) is 3.37. The highest BCUT2D eigenvalue weighted by Gasteiger charge is 2.25. The highest BCUT2D eigenvalue weighted by molar-refractivity contribution is 9.10. The molecular formula is C16H15BrClNO2S. The molecule has 0 saturated carbocycles. The maximum Gasteiger partial charge on any atom is 0.264 e. The molecule has 116 valence electrons. The van der Waals surface area contributed by atoms with Crippen molar-refractivity contribution in [3.63, 3.8) is 0 Å². The summed E-state index contributed by atoms with van der Waals surface area (Å²) < 4.78 is 28.0. The Bertz CT molecular complexity index is 788. The Morgan fingerprint density at radius 2 is 1.86 bits per heavy atom. The SMILES string of the molecule is C=CCN(c1cccc(Cl)c1C)S(=O)(=O)c1ccc(Br)cc1. The molecule has 22 heavy (non-hydrogen) atoms. The summed E-state index contributed by atoms with van der Waals surface area (Å²) in [5, 5.41) is 0.526. The van der Waals surface area contributed by atoms with Gasteiger partial charge in [0.25, 0.3) is 10.0 Å². The fourth-order valence-electron chi connectivity index (χ4n) is 2.04. The summed E-state index contributed by atoms with van der Waals surface area (Å²) in [5.74, 6) is 0. The Morgan fingerprint density at radius 3 is 2.45 bits per heavy atom. The van der Waals surface area contributed by atoms with Crippen molar-refractivity contribution in [3.05, 3.63) is 70.2 Å². The average Bonchev–Trinajstić information content (AvgIpc) is 2.48. The van der Waals surface area contributed by atoms with E-state index in [9.17, 15) is 8.42 Å². The molecule has 0 spiro atoms. The van der Waals surface area contributed by atoms with Gasteiger partial charge < -0.3 is 0 Å². The van der Waals surface area contributed by atoms with Gasteiger partial charge >= 0.3 is 0 Å². The largest absolute Gasteiger partial charge is 0.264 e. The second kappa shape index (κ2) is 6.86. The lowest BCUT2D eigenvalue weighted by Gasteiger charge is -2.25. The lowest BCUT2D eigenvalue weighted by atomic mass is 10.2. The summed E-state index contributed by atoms with van der Waals surface area (Å²) >= 11 is 9.43. The van der Waals surface area contributed by atoms with E-state index >= 15 is 0 Å². The second-order valence-corrected chi connectivity index (χ2v) is 7.85. The summed E-state index contributed by atoms with van der Waals surface area (Å²) in [5.41, 5.74) is 1.27. The van der Waals surface area contributed by atoms with Crippen LogP contribution in [0.2, 0.25) is 5.02 Å².